The van der Waals surface area contributed by atoms with E-state index in [0.717, 1.165) is 12.1 Å². The number of benzene rings is 2. The molecule has 1 aliphatic rings. The Balaban J connectivity index is 1.77. The highest BCUT2D eigenvalue weighted by Crippen LogP contribution is 2.29. The van der Waals surface area contributed by atoms with Crippen molar-refractivity contribution in [1.29, 1.82) is 0 Å². The maximum Gasteiger partial charge on any atom is 0.573 e. The molecule has 0 radical (unpaired) electrons. The fraction of sp³-hybridized carbons (Fsp3) is 0.316. The van der Waals surface area contributed by atoms with E-state index in [4.69, 9.17) is 4.74 Å². The Kier molecular flexibility index (Phi) is 5.95. The van der Waals surface area contributed by atoms with E-state index in [0.29, 0.717) is 11.3 Å². The maximum absolute atomic E-state index is 12.7. The van der Waals surface area contributed by atoms with Crippen LogP contribution >= 0.6 is 0 Å². The molecule has 11 heteroatoms. The van der Waals surface area contributed by atoms with Gasteiger partial charge in [-0.1, -0.05) is 6.07 Å². The van der Waals surface area contributed by atoms with Gasteiger partial charge in [0.15, 0.2) is 0 Å². The van der Waals surface area contributed by atoms with Gasteiger partial charge in [-0.3, -0.25) is 4.79 Å². The first-order valence-electron chi connectivity index (χ1n) is 8.84. The lowest BCUT2D eigenvalue weighted by atomic mass is 10.2. The Morgan fingerprint density at radius 3 is 2.50 bits per heavy atom. The Morgan fingerprint density at radius 2 is 1.87 bits per heavy atom. The van der Waals surface area contributed by atoms with Crippen molar-refractivity contribution in [1.82, 2.24) is 4.72 Å². The molecule has 2 aromatic carbocycles. The minimum atomic E-state index is -4.86. The molecule has 0 aromatic heterocycles. The van der Waals surface area contributed by atoms with Crippen LogP contribution in [0.25, 0.3) is 0 Å². The second-order valence-corrected chi connectivity index (χ2v) is 8.31. The quantitative estimate of drug-likeness (QED) is 0.741. The minimum Gasteiger partial charge on any atom is -0.497 e. The number of nitrogens with one attached hydrogen (secondary N) is 1. The van der Waals surface area contributed by atoms with Crippen molar-refractivity contribution in [2.75, 3.05) is 18.6 Å². The van der Waals surface area contributed by atoms with Crippen molar-refractivity contribution in [3.8, 4) is 11.5 Å². The molecule has 1 atom stereocenters. The van der Waals surface area contributed by atoms with Crippen LogP contribution in [-0.4, -0.2) is 40.4 Å². The number of carbonyl (C=O) groups excluding carboxylic acids is 1. The number of anilines is 1. The standard InChI is InChI=1S/C19H19F3N2O5S/c1-12-10-14(28-2)6-7-17(12)30(26,27)23-16-8-9-24(18(16)25)13-4-3-5-15(11-13)29-19(20,21)22/h3-7,10-11,16,23H,8-9H2,1-2H3. The number of methoxy groups -OCH3 is 1. The molecule has 0 aliphatic carbocycles. The average Bonchev–Trinajstić information content (AvgIpc) is 3.00. The molecule has 1 amide bonds. The third kappa shape index (κ3) is 4.85. The van der Waals surface area contributed by atoms with Crippen LogP contribution in [0.4, 0.5) is 18.9 Å². The summed E-state index contributed by atoms with van der Waals surface area (Å²) in [5.41, 5.74) is 0.630. The number of hydrogen-bond acceptors (Lipinski definition) is 5. The summed E-state index contributed by atoms with van der Waals surface area (Å²) in [6.45, 7) is 1.75. The zero-order valence-corrected chi connectivity index (χ0v) is 16.9. The molecule has 0 spiro atoms. The number of rotatable bonds is 6. The molecule has 0 saturated carbocycles. The number of nitrogens with zero attached hydrogens (tertiary/aromatic N) is 1. The monoisotopic (exact) mass is 444 g/mol. The summed E-state index contributed by atoms with van der Waals surface area (Å²) in [5, 5.41) is 0. The third-order valence-electron chi connectivity index (χ3n) is 4.54. The first-order chi connectivity index (χ1) is 14.0. The molecule has 1 N–H and O–H groups in total. The van der Waals surface area contributed by atoms with Gasteiger partial charge < -0.3 is 14.4 Å². The smallest absolute Gasteiger partial charge is 0.497 e. The Morgan fingerprint density at radius 1 is 1.13 bits per heavy atom. The molecule has 1 heterocycles. The Labute approximate surface area is 171 Å². The topological polar surface area (TPSA) is 84.9 Å². The number of sulfonamides is 1. The van der Waals surface area contributed by atoms with E-state index < -0.39 is 34.1 Å². The predicted octanol–water partition coefficient (Wildman–Crippen LogP) is 2.99. The normalized spacial score (nSPS) is 17.3. The highest BCUT2D eigenvalue weighted by atomic mass is 32.2. The van der Waals surface area contributed by atoms with Gasteiger partial charge in [0.1, 0.15) is 17.5 Å². The van der Waals surface area contributed by atoms with Crippen molar-refractivity contribution < 1.29 is 35.9 Å². The molecule has 162 valence electrons. The van der Waals surface area contributed by atoms with Crippen molar-refractivity contribution in [3.63, 3.8) is 0 Å². The summed E-state index contributed by atoms with van der Waals surface area (Å²) in [6, 6.07) is 8.36. The van der Waals surface area contributed by atoms with E-state index in [1.807, 2.05) is 0 Å². The third-order valence-corrected chi connectivity index (χ3v) is 6.17. The number of hydrogen-bond donors (Lipinski definition) is 1. The number of aryl methyl sites for hydroxylation is 1. The summed E-state index contributed by atoms with van der Waals surface area (Å²) in [7, 11) is -2.54. The highest BCUT2D eigenvalue weighted by molar-refractivity contribution is 7.89. The van der Waals surface area contributed by atoms with E-state index in [-0.39, 0.29) is 23.5 Å². The molecular formula is C19H19F3N2O5S. The van der Waals surface area contributed by atoms with Crippen LogP contribution in [0.3, 0.4) is 0 Å². The van der Waals surface area contributed by atoms with Gasteiger partial charge in [0.2, 0.25) is 15.9 Å². The maximum atomic E-state index is 12.7. The van der Waals surface area contributed by atoms with E-state index >= 15 is 0 Å². The number of alkyl halides is 3. The Bertz CT molecular complexity index is 1060. The number of halogens is 3. The largest absolute Gasteiger partial charge is 0.573 e. The van der Waals surface area contributed by atoms with Crippen LogP contribution in [-0.2, 0) is 14.8 Å². The van der Waals surface area contributed by atoms with E-state index in [1.165, 1.54) is 36.3 Å². The van der Waals surface area contributed by atoms with Crippen LogP contribution in [0.5, 0.6) is 11.5 Å². The first-order valence-corrected chi connectivity index (χ1v) is 10.3. The van der Waals surface area contributed by atoms with Crippen LogP contribution in [0.2, 0.25) is 0 Å². The SMILES string of the molecule is COc1ccc(S(=O)(=O)NC2CCN(c3cccc(OC(F)(F)F)c3)C2=O)c(C)c1. The van der Waals surface area contributed by atoms with Gasteiger partial charge in [-0.05, 0) is 49.2 Å². The second-order valence-electron chi connectivity index (χ2n) is 6.63. The van der Waals surface area contributed by atoms with Crippen LogP contribution in [0, 0.1) is 6.92 Å². The fourth-order valence-corrected chi connectivity index (χ4v) is 4.65. The van der Waals surface area contributed by atoms with Crippen molar-refractivity contribution in [2.24, 2.45) is 0 Å². The lowest BCUT2D eigenvalue weighted by molar-refractivity contribution is -0.274. The van der Waals surface area contributed by atoms with Gasteiger partial charge in [0.25, 0.3) is 0 Å². The molecule has 3 rings (SSSR count). The summed E-state index contributed by atoms with van der Waals surface area (Å²) >= 11 is 0. The molecule has 1 unspecified atom stereocenters. The number of ether oxygens (including phenoxy) is 2. The summed E-state index contributed by atoms with van der Waals surface area (Å²) in [6.07, 6.45) is -4.69. The zero-order chi connectivity index (χ0) is 22.1. The molecule has 1 aliphatic heterocycles. The van der Waals surface area contributed by atoms with Crippen LogP contribution in [0.1, 0.15) is 12.0 Å². The molecule has 0 bridgehead atoms. The summed E-state index contributed by atoms with van der Waals surface area (Å²) in [5.74, 6) is -0.532. The number of carbonyl (C=O) groups is 1. The highest BCUT2D eigenvalue weighted by Gasteiger charge is 2.37. The molecule has 1 saturated heterocycles. The van der Waals surface area contributed by atoms with Crippen LogP contribution in [0.15, 0.2) is 47.4 Å². The molecule has 30 heavy (non-hydrogen) atoms. The lowest BCUT2D eigenvalue weighted by Crippen LogP contribution is -2.41. The molecular weight excluding hydrogens is 425 g/mol. The first kappa shape index (κ1) is 21.9. The van der Waals surface area contributed by atoms with Gasteiger partial charge in [-0.2, -0.15) is 4.72 Å². The van der Waals surface area contributed by atoms with E-state index in [2.05, 4.69) is 9.46 Å². The van der Waals surface area contributed by atoms with E-state index in [9.17, 15) is 26.4 Å². The van der Waals surface area contributed by atoms with Gasteiger partial charge in [-0.15, -0.1) is 13.2 Å². The van der Waals surface area contributed by atoms with Gasteiger partial charge in [0, 0.05) is 18.3 Å². The zero-order valence-electron chi connectivity index (χ0n) is 16.1. The number of amides is 1. The van der Waals surface area contributed by atoms with Crippen molar-refractivity contribution in [3.05, 3.63) is 48.0 Å². The molecule has 2 aromatic rings. The summed E-state index contributed by atoms with van der Waals surface area (Å²) in [4.78, 5) is 13.9. The summed E-state index contributed by atoms with van der Waals surface area (Å²) < 4.78 is 74.1. The molecule has 7 nitrogen and oxygen atoms in total. The van der Waals surface area contributed by atoms with Gasteiger partial charge >= 0.3 is 6.36 Å². The fourth-order valence-electron chi connectivity index (χ4n) is 3.20. The van der Waals surface area contributed by atoms with Gasteiger partial charge in [0.05, 0.1) is 12.0 Å². The second kappa shape index (κ2) is 8.15. The average molecular weight is 444 g/mol. The van der Waals surface area contributed by atoms with Gasteiger partial charge in [-0.25, -0.2) is 8.42 Å². The van der Waals surface area contributed by atoms with Crippen molar-refractivity contribution >= 4 is 21.6 Å². The van der Waals surface area contributed by atoms with Crippen molar-refractivity contribution in [2.45, 2.75) is 30.6 Å². The Hall–Kier alpha value is -2.79. The molecule has 1 fully saturated rings. The predicted molar refractivity (Wildman–Crippen MR) is 102 cm³/mol. The van der Waals surface area contributed by atoms with Crippen LogP contribution < -0.4 is 19.1 Å². The van der Waals surface area contributed by atoms with E-state index in [1.54, 1.807) is 13.0 Å². The minimum absolute atomic E-state index is 0.00937. The lowest BCUT2D eigenvalue weighted by Gasteiger charge is -2.19.